The molecule has 0 rings (SSSR count). The fourth-order valence-electron chi connectivity index (χ4n) is 4.10. The molecule has 0 aliphatic carbocycles. The molecule has 0 aromatic heterocycles. The molecule has 0 heterocycles. The molecule has 0 bridgehead atoms. The van der Waals surface area contributed by atoms with Crippen molar-refractivity contribution in [1.82, 2.24) is 5.32 Å². The van der Waals surface area contributed by atoms with E-state index < -0.39 is 20.0 Å². The molecular formula is C34H61N2O6P. The summed E-state index contributed by atoms with van der Waals surface area (Å²) < 4.78 is 21.9. The average Bonchev–Trinajstić information content (AvgIpc) is 2.99. The Morgan fingerprint density at radius 2 is 1.37 bits per heavy atom. The summed E-state index contributed by atoms with van der Waals surface area (Å²) in [5.41, 5.74) is 5.32. The second kappa shape index (κ2) is 30.2. The number of hydrogen-bond donors (Lipinski definition) is 4. The van der Waals surface area contributed by atoms with Crippen LogP contribution in [0.15, 0.2) is 60.8 Å². The number of phosphoric ester groups is 1. The first-order valence-electron chi connectivity index (χ1n) is 16.4. The monoisotopic (exact) mass is 624 g/mol. The minimum Gasteiger partial charge on any atom is -0.387 e. The zero-order valence-corrected chi connectivity index (χ0v) is 27.8. The molecular weight excluding hydrogens is 563 g/mol. The zero-order valence-electron chi connectivity index (χ0n) is 26.9. The molecule has 1 amide bonds. The number of carbonyl (C=O) groups excluding carboxylic acids is 1. The Morgan fingerprint density at radius 3 is 2.07 bits per heavy atom. The quantitative estimate of drug-likeness (QED) is 0.0377. The second-order valence-corrected chi connectivity index (χ2v) is 12.1. The van der Waals surface area contributed by atoms with E-state index in [1.807, 2.05) is 6.08 Å². The summed E-state index contributed by atoms with van der Waals surface area (Å²) in [4.78, 5) is 22.4. The Kier molecular flexibility index (Phi) is 29.0. The van der Waals surface area contributed by atoms with E-state index in [0.29, 0.717) is 6.42 Å². The molecule has 0 aliphatic heterocycles. The van der Waals surface area contributed by atoms with E-state index in [1.165, 1.54) is 19.3 Å². The highest BCUT2D eigenvalue weighted by Gasteiger charge is 2.26. The summed E-state index contributed by atoms with van der Waals surface area (Å²) in [6.07, 6.45) is 35.6. The van der Waals surface area contributed by atoms with Gasteiger partial charge in [-0.25, -0.2) is 4.57 Å². The summed E-state index contributed by atoms with van der Waals surface area (Å²) in [7, 11) is -4.34. The van der Waals surface area contributed by atoms with Crippen molar-refractivity contribution in [3.63, 3.8) is 0 Å². The maximum atomic E-state index is 12.6. The van der Waals surface area contributed by atoms with Crippen molar-refractivity contribution in [3.8, 4) is 0 Å². The van der Waals surface area contributed by atoms with E-state index in [2.05, 4.69) is 67.8 Å². The van der Waals surface area contributed by atoms with Gasteiger partial charge < -0.3 is 21.1 Å². The second-order valence-electron chi connectivity index (χ2n) is 10.6. The number of aliphatic hydroxyl groups is 1. The topological polar surface area (TPSA) is 131 Å². The maximum Gasteiger partial charge on any atom is 0.472 e. The Balaban J connectivity index is 4.45. The van der Waals surface area contributed by atoms with Crippen molar-refractivity contribution in [2.24, 2.45) is 5.73 Å². The van der Waals surface area contributed by atoms with E-state index in [-0.39, 0.29) is 25.7 Å². The number of nitrogens with one attached hydrogen (secondary N) is 1. The number of hydrogen-bond acceptors (Lipinski definition) is 6. The van der Waals surface area contributed by atoms with Gasteiger partial charge in [0.05, 0.1) is 25.4 Å². The maximum absolute atomic E-state index is 12.6. The van der Waals surface area contributed by atoms with E-state index in [0.717, 1.165) is 77.0 Å². The van der Waals surface area contributed by atoms with Gasteiger partial charge in [-0.2, -0.15) is 0 Å². The molecule has 0 aliphatic rings. The SMILES string of the molecule is CC/C=C\C/C=C\C/C=C\CCCCCCCC(=O)NC(COP(=O)(O)OCCN)C(O)/C=C/CC/C=C/CCCCC. The third kappa shape index (κ3) is 28.7. The van der Waals surface area contributed by atoms with Gasteiger partial charge in [0.2, 0.25) is 5.91 Å². The van der Waals surface area contributed by atoms with Gasteiger partial charge in [-0.05, 0) is 64.2 Å². The van der Waals surface area contributed by atoms with Crippen LogP contribution in [0.2, 0.25) is 0 Å². The molecule has 0 radical (unpaired) electrons. The van der Waals surface area contributed by atoms with Gasteiger partial charge in [0.15, 0.2) is 0 Å². The molecule has 0 spiro atoms. The highest BCUT2D eigenvalue weighted by Crippen LogP contribution is 2.43. The van der Waals surface area contributed by atoms with E-state index >= 15 is 0 Å². The standard InChI is InChI=1S/C34H61N2O6P/c1-3-5-7-9-11-13-14-15-16-17-18-20-22-24-26-28-34(38)36-32(31-42-43(39,40)41-30-29-35)33(37)27-25-23-21-19-12-10-8-6-4-2/h5,7,11-13,15-16,19,25,27,32-33,37H,3-4,6,8-10,14,17-18,20-24,26,28-31,35H2,1-2H3,(H,36,38)(H,39,40)/b7-5-,13-11-,16-15-,19-12+,27-25+. The van der Waals surface area contributed by atoms with Crippen LogP contribution in [0.5, 0.6) is 0 Å². The first-order chi connectivity index (χ1) is 20.9. The van der Waals surface area contributed by atoms with Crippen LogP contribution >= 0.6 is 7.82 Å². The predicted molar refractivity (Wildman–Crippen MR) is 180 cm³/mol. The Hall–Kier alpha value is -1.80. The molecule has 8 nitrogen and oxygen atoms in total. The number of carbonyl (C=O) groups is 1. The van der Waals surface area contributed by atoms with Crippen molar-refractivity contribution in [3.05, 3.63) is 60.8 Å². The third-order valence-corrected chi connectivity index (χ3v) is 7.56. The number of phosphoric acid groups is 1. The van der Waals surface area contributed by atoms with Gasteiger partial charge in [0.1, 0.15) is 0 Å². The fraction of sp³-hybridized carbons (Fsp3) is 0.676. The van der Waals surface area contributed by atoms with Gasteiger partial charge in [-0.1, -0.05) is 107 Å². The van der Waals surface area contributed by atoms with Crippen LogP contribution in [0.25, 0.3) is 0 Å². The smallest absolute Gasteiger partial charge is 0.387 e. The first kappa shape index (κ1) is 41.2. The average molecular weight is 625 g/mol. The molecule has 3 atom stereocenters. The molecule has 248 valence electrons. The molecule has 9 heteroatoms. The molecule has 3 unspecified atom stereocenters. The lowest BCUT2D eigenvalue weighted by molar-refractivity contribution is -0.123. The van der Waals surface area contributed by atoms with Crippen LogP contribution in [-0.4, -0.2) is 47.8 Å². The largest absolute Gasteiger partial charge is 0.472 e. The number of aliphatic hydroxyl groups excluding tert-OH is 1. The van der Waals surface area contributed by atoms with Crippen LogP contribution in [0, 0.1) is 0 Å². The van der Waals surface area contributed by atoms with Gasteiger partial charge >= 0.3 is 7.82 Å². The number of rotatable bonds is 29. The molecule has 0 aromatic rings. The lowest BCUT2D eigenvalue weighted by atomic mass is 10.1. The molecule has 0 aromatic carbocycles. The van der Waals surface area contributed by atoms with Crippen LogP contribution < -0.4 is 11.1 Å². The zero-order chi connectivity index (χ0) is 31.9. The summed E-state index contributed by atoms with van der Waals surface area (Å²) in [6, 6.07) is -0.885. The first-order valence-corrected chi connectivity index (χ1v) is 17.9. The molecule has 0 saturated heterocycles. The van der Waals surface area contributed by atoms with E-state index in [9.17, 15) is 19.4 Å². The predicted octanol–water partition coefficient (Wildman–Crippen LogP) is 7.99. The molecule has 0 fully saturated rings. The van der Waals surface area contributed by atoms with Gasteiger partial charge in [0, 0.05) is 13.0 Å². The highest BCUT2D eigenvalue weighted by atomic mass is 31.2. The summed E-state index contributed by atoms with van der Waals surface area (Å²) in [5.74, 6) is -0.229. The van der Waals surface area contributed by atoms with Crippen molar-refractivity contribution in [2.45, 2.75) is 129 Å². The normalized spacial score (nSPS) is 15.4. The van der Waals surface area contributed by atoms with Gasteiger partial charge in [0.25, 0.3) is 0 Å². The number of unbranched alkanes of at least 4 members (excludes halogenated alkanes) is 9. The van der Waals surface area contributed by atoms with Crippen molar-refractivity contribution < 1.29 is 28.4 Å². The van der Waals surface area contributed by atoms with Crippen LogP contribution in [0.3, 0.4) is 0 Å². The molecule has 0 saturated carbocycles. The van der Waals surface area contributed by atoms with Crippen molar-refractivity contribution >= 4 is 13.7 Å². The Morgan fingerprint density at radius 1 is 0.791 bits per heavy atom. The Bertz CT molecular complexity index is 856. The van der Waals surface area contributed by atoms with E-state index in [1.54, 1.807) is 6.08 Å². The van der Waals surface area contributed by atoms with Gasteiger partial charge in [-0.3, -0.25) is 13.8 Å². The molecule has 5 N–H and O–H groups in total. The minimum atomic E-state index is -4.34. The third-order valence-electron chi connectivity index (χ3n) is 6.58. The minimum absolute atomic E-state index is 0.0677. The number of nitrogens with two attached hydrogens (primary N) is 1. The summed E-state index contributed by atoms with van der Waals surface area (Å²) in [5, 5.41) is 13.5. The molecule has 43 heavy (non-hydrogen) atoms. The van der Waals surface area contributed by atoms with Gasteiger partial charge in [-0.15, -0.1) is 0 Å². The van der Waals surface area contributed by atoms with Crippen molar-refractivity contribution in [2.75, 3.05) is 19.8 Å². The highest BCUT2D eigenvalue weighted by molar-refractivity contribution is 7.47. The van der Waals surface area contributed by atoms with Crippen LogP contribution in [-0.2, 0) is 18.4 Å². The lowest BCUT2D eigenvalue weighted by Gasteiger charge is -2.23. The fourth-order valence-corrected chi connectivity index (χ4v) is 4.86. The Labute approximate surface area is 262 Å². The van der Waals surface area contributed by atoms with Crippen molar-refractivity contribution in [1.29, 1.82) is 0 Å². The summed E-state index contributed by atoms with van der Waals surface area (Å²) in [6.45, 7) is 3.89. The lowest BCUT2D eigenvalue weighted by Crippen LogP contribution is -2.45. The summed E-state index contributed by atoms with van der Waals surface area (Å²) >= 11 is 0. The van der Waals surface area contributed by atoms with Crippen LogP contribution in [0.4, 0.5) is 0 Å². The van der Waals surface area contributed by atoms with Crippen LogP contribution in [0.1, 0.15) is 117 Å². The van der Waals surface area contributed by atoms with E-state index in [4.69, 9.17) is 14.8 Å². The number of amides is 1. The number of allylic oxidation sites excluding steroid dienone is 9.